The Morgan fingerprint density at radius 1 is 0.840 bits per heavy atom. The molecule has 1 atom stereocenters. The number of anilines is 1. The molecule has 1 amide bonds. The van der Waals surface area contributed by atoms with E-state index in [0.717, 1.165) is 21.7 Å². The molecule has 3 aromatic carbocycles. The summed E-state index contributed by atoms with van der Waals surface area (Å²) in [6, 6.07) is 24.8. The van der Waals surface area contributed by atoms with E-state index in [1.807, 2.05) is 37.4 Å². The van der Waals surface area contributed by atoms with Crippen LogP contribution in [0.1, 0.15) is 22.6 Å². The van der Waals surface area contributed by atoms with E-state index < -0.39 is 0 Å². The fourth-order valence-electron chi connectivity index (χ4n) is 3.33. The van der Waals surface area contributed by atoms with Crippen molar-refractivity contribution in [2.24, 2.45) is 0 Å². The number of carbonyl (C=O) groups is 1. The van der Waals surface area contributed by atoms with E-state index in [4.69, 9.17) is 0 Å². The molecule has 2 nitrogen and oxygen atoms in total. The molecule has 0 saturated heterocycles. The van der Waals surface area contributed by atoms with Crippen molar-refractivity contribution in [3.8, 4) is 0 Å². The van der Waals surface area contributed by atoms with Crippen LogP contribution in [0.5, 0.6) is 0 Å². The van der Waals surface area contributed by atoms with Crippen LogP contribution in [0, 0.1) is 6.92 Å². The van der Waals surface area contributed by atoms with Crippen molar-refractivity contribution < 1.29 is 4.79 Å². The van der Waals surface area contributed by atoms with Gasteiger partial charge in [0.25, 0.3) is 0 Å². The largest absolute Gasteiger partial charge is 0.314 e. The highest BCUT2D eigenvalue weighted by Gasteiger charge is 2.37. The second-order valence-corrected chi connectivity index (χ2v) is 7.46. The molecule has 1 aliphatic rings. The molecule has 0 aromatic heterocycles. The summed E-state index contributed by atoms with van der Waals surface area (Å²) in [5, 5.41) is 0. The summed E-state index contributed by atoms with van der Waals surface area (Å²) in [4.78, 5) is 17.0. The molecule has 0 spiro atoms. The third kappa shape index (κ3) is 2.85. The van der Waals surface area contributed by atoms with Crippen LogP contribution < -0.4 is 4.90 Å². The van der Waals surface area contributed by atoms with Gasteiger partial charge in [-0.2, -0.15) is 0 Å². The van der Waals surface area contributed by atoms with Gasteiger partial charge in [0.2, 0.25) is 5.91 Å². The minimum atomic E-state index is -0.227. The molecule has 1 unspecified atom stereocenters. The summed E-state index contributed by atoms with van der Waals surface area (Å²) in [5.41, 5.74) is 4.42. The molecule has 0 fully saturated rings. The highest BCUT2D eigenvalue weighted by Crippen LogP contribution is 2.44. The maximum Gasteiger partial charge on any atom is 0.238 e. The maximum absolute atomic E-state index is 12.9. The standard InChI is InChI=1S/C22H19NOS/c1-15-11-13-16(14-12-15)25-20-10-6-4-8-18(20)21-17-7-3-5-9-19(17)23(2)22(21)24/h3-14,21H,1-2H3. The zero-order valence-corrected chi connectivity index (χ0v) is 15.1. The molecule has 0 radical (unpaired) electrons. The van der Waals surface area contributed by atoms with Gasteiger partial charge < -0.3 is 4.90 Å². The summed E-state index contributed by atoms with van der Waals surface area (Å²) in [5.74, 6) is -0.0893. The van der Waals surface area contributed by atoms with E-state index in [9.17, 15) is 4.79 Å². The second kappa shape index (κ2) is 6.41. The van der Waals surface area contributed by atoms with Crippen molar-refractivity contribution in [2.45, 2.75) is 22.6 Å². The summed E-state index contributed by atoms with van der Waals surface area (Å²) in [6.07, 6.45) is 0. The first-order valence-corrected chi connectivity index (χ1v) is 9.17. The van der Waals surface area contributed by atoms with E-state index in [1.165, 1.54) is 10.5 Å². The molecule has 0 saturated carbocycles. The molecule has 0 N–H and O–H groups in total. The number of benzene rings is 3. The lowest BCUT2D eigenvalue weighted by Gasteiger charge is -2.15. The number of rotatable bonds is 3. The molecule has 0 bridgehead atoms. The van der Waals surface area contributed by atoms with E-state index in [1.54, 1.807) is 16.7 Å². The molecule has 1 aliphatic heterocycles. The van der Waals surface area contributed by atoms with E-state index >= 15 is 0 Å². The molecular weight excluding hydrogens is 326 g/mol. The predicted molar refractivity (Wildman–Crippen MR) is 103 cm³/mol. The van der Waals surface area contributed by atoms with Gasteiger partial charge in [-0.3, -0.25) is 4.79 Å². The number of aryl methyl sites for hydroxylation is 1. The van der Waals surface area contributed by atoms with Crippen LogP contribution in [0.4, 0.5) is 5.69 Å². The van der Waals surface area contributed by atoms with Crippen molar-refractivity contribution in [1.82, 2.24) is 0 Å². The summed E-state index contributed by atoms with van der Waals surface area (Å²) < 4.78 is 0. The maximum atomic E-state index is 12.9. The highest BCUT2D eigenvalue weighted by molar-refractivity contribution is 7.99. The zero-order chi connectivity index (χ0) is 17.4. The number of likely N-dealkylation sites (N-methyl/N-ethyl adjacent to an activating group) is 1. The fourth-order valence-corrected chi connectivity index (χ4v) is 4.30. The topological polar surface area (TPSA) is 20.3 Å². The molecule has 3 heteroatoms. The second-order valence-electron chi connectivity index (χ2n) is 6.34. The quantitative estimate of drug-likeness (QED) is 0.646. The monoisotopic (exact) mass is 345 g/mol. The summed E-state index contributed by atoms with van der Waals surface area (Å²) in [7, 11) is 1.86. The first-order valence-electron chi connectivity index (χ1n) is 8.35. The van der Waals surface area contributed by atoms with Crippen molar-refractivity contribution in [3.05, 3.63) is 89.5 Å². The van der Waals surface area contributed by atoms with Gasteiger partial charge in [0.1, 0.15) is 0 Å². The van der Waals surface area contributed by atoms with Crippen LogP contribution in [-0.4, -0.2) is 13.0 Å². The third-order valence-corrected chi connectivity index (χ3v) is 5.77. The number of nitrogens with zero attached hydrogens (tertiary/aromatic N) is 1. The Kier molecular flexibility index (Phi) is 4.10. The normalized spacial score (nSPS) is 16.2. The number of para-hydroxylation sites is 1. The van der Waals surface area contributed by atoms with Crippen molar-refractivity contribution in [2.75, 3.05) is 11.9 Å². The fraction of sp³-hybridized carbons (Fsp3) is 0.136. The highest BCUT2D eigenvalue weighted by atomic mass is 32.2. The smallest absolute Gasteiger partial charge is 0.238 e. The van der Waals surface area contributed by atoms with Crippen LogP contribution in [0.2, 0.25) is 0 Å². The predicted octanol–water partition coefficient (Wildman–Crippen LogP) is 5.25. The van der Waals surface area contributed by atoms with E-state index in [0.29, 0.717) is 0 Å². The van der Waals surface area contributed by atoms with Gasteiger partial charge >= 0.3 is 0 Å². The van der Waals surface area contributed by atoms with Crippen LogP contribution in [0.3, 0.4) is 0 Å². The SMILES string of the molecule is Cc1ccc(Sc2ccccc2C2C(=O)N(C)c3ccccc32)cc1. The van der Waals surface area contributed by atoms with Gasteiger partial charge in [-0.05, 0) is 42.3 Å². The first kappa shape index (κ1) is 16.0. The Morgan fingerprint density at radius 2 is 1.48 bits per heavy atom. The van der Waals surface area contributed by atoms with Gasteiger partial charge in [-0.25, -0.2) is 0 Å². The van der Waals surface area contributed by atoms with Crippen LogP contribution >= 0.6 is 11.8 Å². The Balaban J connectivity index is 1.77. The summed E-state index contributed by atoms with van der Waals surface area (Å²) in [6.45, 7) is 2.09. The lowest BCUT2D eigenvalue weighted by molar-refractivity contribution is -0.118. The first-order chi connectivity index (χ1) is 12.1. The third-order valence-electron chi connectivity index (χ3n) is 4.67. The van der Waals surface area contributed by atoms with Gasteiger partial charge in [0.05, 0.1) is 5.92 Å². The van der Waals surface area contributed by atoms with Gasteiger partial charge in [-0.1, -0.05) is 65.9 Å². The number of carbonyl (C=O) groups excluding carboxylic acids is 1. The number of hydrogen-bond acceptors (Lipinski definition) is 2. The molecule has 3 aromatic rings. The molecule has 1 heterocycles. The number of amides is 1. The Labute approximate surface area is 152 Å². The lowest BCUT2D eigenvalue weighted by Crippen LogP contribution is -2.24. The van der Waals surface area contributed by atoms with Gasteiger partial charge in [0, 0.05) is 22.5 Å². The van der Waals surface area contributed by atoms with E-state index in [2.05, 4.69) is 49.4 Å². The van der Waals surface area contributed by atoms with Crippen molar-refractivity contribution in [1.29, 1.82) is 0 Å². The lowest BCUT2D eigenvalue weighted by atomic mass is 9.92. The van der Waals surface area contributed by atoms with Crippen molar-refractivity contribution in [3.63, 3.8) is 0 Å². The van der Waals surface area contributed by atoms with Crippen molar-refractivity contribution >= 4 is 23.4 Å². The average molecular weight is 345 g/mol. The molecule has 0 aliphatic carbocycles. The van der Waals surface area contributed by atoms with Crippen LogP contribution in [-0.2, 0) is 4.79 Å². The molecule has 4 rings (SSSR count). The Bertz CT molecular complexity index is 933. The minimum Gasteiger partial charge on any atom is -0.314 e. The number of hydrogen-bond donors (Lipinski definition) is 0. The Morgan fingerprint density at radius 3 is 2.24 bits per heavy atom. The molecule has 25 heavy (non-hydrogen) atoms. The molecule has 124 valence electrons. The minimum absolute atomic E-state index is 0.137. The number of fused-ring (bicyclic) bond motifs is 1. The van der Waals surface area contributed by atoms with Crippen LogP contribution in [0.25, 0.3) is 0 Å². The average Bonchev–Trinajstić information content (AvgIpc) is 2.89. The zero-order valence-electron chi connectivity index (χ0n) is 14.3. The molecular formula is C22H19NOS. The Hall–Kier alpha value is -2.52. The summed E-state index contributed by atoms with van der Waals surface area (Å²) >= 11 is 1.72. The van der Waals surface area contributed by atoms with E-state index in [-0.39, 0.29) is 11.8 Å². The van der Waals surface area contributed by atoms with Gasteiger partial charge in [0.15, 0.2) is 0 Å². The van der Waals surface area contributed by atoms with Crippen LogP contribution in [0.15, 0.2) is 82.6 Å². The van der Waals surface area contributed by atoms with Gasteiger partial charge in [-0.15, -0.1) is 0 Å².